The van der Waals surface area contributed by atoms with Gasteiger partial charge in [-0.3, -0.25) is 4.79 Å². The fraction of sp³-hybridized carbons (Fsp3) is 0.316. The van der Waals surface area contributed by atoms with Crippen LogP contribution in [0.25, 0.3) is 0 Å². The molecule has 0 aliphatic rings. The minimum absolute atomic E-state index is 0.0785. The van der Waals surface area contributed by atoms with Crippen LogP contribution < -0.4 is 15.2 Å². The average molecular weight is 313 g/mol. The van der Waals surface area contributed by atoms with Gasteiger partial charge in [0.05, 0.1) is 18.9 Å². The maximum Gasteiger partial charge on any atom is 0.162 e. The zero-order chi connectivity index (χ0) is 16.7. The quantitative estimate of drug-likeness (QED) is 0.454. The summed E-state index contributed by atoms with van der Waals surface area (Å²) in [4.78, 5) is 11.6. The van der Waals surface area contributed by atoms with Crippen LogP contribution in [0, 0.1) is 6.92 Å². The van der Waals surface area contributed by atoms with Crippen LogP contribution in [-0.2, 0) is 0 Å². The Morgan fingerprint density at radius 2 is 1.74 bits per heavy atom. The number of ether oxygens (including phenoxy) is 2. The third-order valence-electron chi connectivity index (χ3n) is 3.49. The summed E-state index contributed by atoms with van der Waals surface area (Å²) in [6, 6.07) is 13.1. The van der Waals surface area contributed by atoms with Gasteiger partial charge in [-0.15, -0.1) is 0 Å². The minimum Gasteiger partial charge on any atom is -0.493 e. The van der Waals surface area contributed by atoms with Gasteiger partial charge in [-0.2, -0.15) is 0 Å². The van der Waals surface area contributed by atoms with Crippen molar-refractivity contribution < 1.29 is 14.3 Å². The molecule has 0 spiro atoms. The second-order valence-electron chi connectivity index (χ2n) is 5.39. The van der Waals surface area contributed by atoms with Crippen molar-refractivity contribution in [2.75, 3.05) is 18.9 Å². The van der Waals surface area contributed by atoms with Crippen LogP contribution in [-0.4, -0.2) is 19.0 Å². The number of nitrogens with two attached hydrogens (primary N) is 1. The van der Waals surface area contributed by atoms with Gasteiger partial charge in [-0.05, 0) is 37.3 Å². The van der Waals surface area contributed by atoms with E-state index in [0.717, 1.165) is 12.2 Å². The molecule has 0 aliphatic heterocycles. The van der Waals surface area contributed by atoms with Gasteiger partial charge in [0.2, 0.25) is 0 Å². The fourth-order valence-electron chi connectivity index (χ4n) is 2.12. The Bertz CT molecular complexity index is 650. The zero-order valence-electron chi connectivity index (χ0n) is 13.7. The molecule has 0 aromatic heterocycles. The molecule has 2 aromatic rings. The number of hydrogen-bond donors (Lipinski definition) is 1. The lowest BCUT2D eigenvalue weighted by atomic mass is 10.1. The molecule has 0 fully saturated rings. The first-order valence-electron chi connectivity index (χ1n) is 7.85. The highest BCUT2D eigenvalue weighted by Crippen LogP contribution is 2.23. The molecule has 2 N–H and O–H groups in total. The Labute approximate surface area is 137 Å². The van der Waals surface area contributed by atoms with Crippen molar-refractivity contribution in [3.63, 3.8) is 0 Å². The minimum atomic E-state index is 0.0785. The maximum absolute atomic E-state index is 11.6. The lowest BCUT2D eigenvalue weighted by molar-refractivity contribution is 0.0988. The van der Waals surface area contributed by atoms with E-state index in [4.69, 9.17) is 15.2 Å². The van der Waals surface area contributed by atoms with Crippen LogP contribution in [0.3, 0.4) is 0 Å². The van der Waals surface area contributed by atoms with Gasteiger partial charge in [0.1, 0.15) is 11.5 Å². The first-order chi connectivity index (χ1) is 11.1. The molecule has 4 nitrogen and oxygen atoms in total. The predicted octanol–water partition coefficient (Wildman–Crippen LogP) is 4.02. The highest BCUT2D eigenvalue weighted by molar-refractivity contribution is 5.97. The number of carbonyl (C=O) groups is 1. The van der Waals surface area contributed by atoms with Crippen LogP contribution in [0.5, 0.6) is 11.5 Å². The Hall–Kier alpha value is -2.49. The second kappa shape index (κ2) is 8.22. The van der Waals surface area contributed by atoms with E-state index in [9.17, 15) is 4.79 Å². The summed E-state index contributed by atoms with van der Waals surface area (Å²) in [5.74, 6) is 1.54. The number of carbonyl (C=O) groups excluding carboxylic acids is 1. The molecule has 0 atom stereocenters. The lowest BCUT2D eigenvalue weighted by Crippen LogP contribution is -2.07. The standard InChI is InChI=1S/C19H23NO3/c1-3-18(21)15-7-10-19(17(20)13-15)23-12-4-11-22-16-8-5-14(2)6-9-16/h5-10,13H,3-4,11-12,20H2,1-2H3. The largest absolute Gasteiger partial charge is 0.493 e. The molecular weight excluding hydrogens is 290 g/mol. The van der Waals surface area contributed by atoms with E-state index in [1.807, 2.05) is 38.1 Å². The van der Waals surface area contributed by atoms with Gasteiger partial charge in [-0.25, -0.2) is 0 Å². The van der Waals surface area contributed by atoms with Crippen molar-refractivity contribution in [1.82, 2.24) is 0 Å². The number of hydrogen-bond acceptors (Lipinski definition) is 4. The van der Waals surface area contributed by atoms with E-state index >= 15 is 0 Å². The SMILES string of the molecule is CCC(=O)c1ccc(OCCCOc2ccc(C)cc2)c(N)c1. The molecule has 0 heterocycles. The third kappa shape index (κ3) is 5.02. The number of Topliss-reactive ketones (excluding diaryl/α,β-unsaturated/α-hetero) is 1. The molecule has 23 heavy (non-hydrogen) atoms. The normalized spacial score (nSPS) is 10.3. The van der Waals surface area contributed by atoms with Crippen molar-refractivity contribution in [3.05, 3.63) is 53.6 Å². The summed E-state index contributed by atoms with van der Waals surface area (Å²) in [5, 5.41) is 0. The summed E-state index contributed by atoms with van der Waals surface area (Å²) in [7, 11) is 0. The van der Waals surface area contributed by atoms with Crippen LogP contribution in [0.2, 0.25) is 0 Å². The smallest absolute Gasteiger partial charge is 0.162 e. The van der Waals surface area contributed by atoms with E-state index in [-0.39, 0.29) is 5.78 Å². The Morgan fingerprint density at radius 3 is 2.39 bits per heavy atom. The van der Waals surface area contributed by atoms with Gasteiger partial charge >= 0.3 is 0 Å². The summed E-state index contributed by atoms with van der Waals surface area (Å²) in [5.41, 5.74) is 8.25. The van der Waals surface area contributed by atoms with Gasteiger partial charge in [0, 0.05) is 18.4 Å². The topological polar surface area (TPSA) is 61.5 Å². The fourth-order valence-corrected chi connectivity index (χ4v) is 2.12. The molecule has 122 valence electrons. The number of ketones is 1. The zero-order valence-corrected chi connectivity index (χ0v) is 13.7. The maximum atomic E-state index is 11.6. The predicted molar refractivity (Wildman–Crippen MR) is 92.3 cm³/mol. The highest BCUT2D eigenvalue weighted by atomic mass is 16.5. The monoisotopic (exact) mass is 313 g/mol. The first kappa shape index (κ1) is 16.9. The number of nitrogen functional groups attached to an aromatic ring is 1. The van der Waals surface area contributed by atoms with Gasteiger partial charge in [0.15, 0.2) is 5.78 Å². The van der Waals surface area contributed by atoms with Crippen molar-refractivity contribution in [3.8, 4) is 11.5 Å². The molecule has 2 aromatic carbocycles. The Balaban J connectivity index is 1.75. The summed E-state index contributed by atoms with van der Waals surface area (Å²) < 4.78 is 11.3. The van der Waals surface area contributed by atoms with Gasteiger partial charge < -0.3 is 15.2 Å². The van der Waals surface area contributed by atoms with Crippen LogP contribution in [0.15, 0.2) is 42.5 Å². The molecule has 0 radical (unpaired) electrons. The van der Waals surface area contributed by atoms with Crippen molar-refractivity contribution in [2.45, 2.75) is 26.7 Å². The number of benzene rings is 2. The van der Waals surface area contributed by atoms with Gasteiger partial charge in [0.25, 0.3) is 0 Å². The summed E-state index contributed by atoms with van der Waals surface area (Å²) in [6.45, 7) is 4.96. The Kier molecular flexibility index (Phi) is 6.03. The number of anilines is 1. The van der Waals surface area contributed by atoms with E-state index < -0.39 is 0 Å². The molecular formula is C19H23NO3. The first-order valence-corrected chi connectivity index (χ1v) is 7.85. The molecule has 0 saturated carbocycles. The third-order valence-corrected chi connectivity index (χ3v) is 3.49. The average Bonchev–Trinajstić information content (AvgIpc) is 2.56. The molecule has 4 heteroatoms. The molecule has 0 bridgehead atoms. The highest BCUT2D eigenvalue weighted by Gasteiger charge is 2.07. The summed E-state index contributed by atoms with van der Waals surface area (Å²) in [6.07, 6.45) is 1.22. The second-order valence-corrected chi connectivity index (χ2v) is 5.39. The van der Waals surface area contributed by atoms with E-state index in [1.165, 1.54) is 5.56 Å². The van der Waals surface area contributed by atoms with E-state index in [2.05, 4.69) is 0 Å². The van der Waals surface area contributed by atoms with E-state index in [0.29, 0.717) is 36.6 Å². The molecule has 0 saturated heterocycles. The van der Waals surface area contributed by atoms with Crippen molar-refractivity contribution in [2.24, 2.45) is 0 Å². The van der Waals surface area contributed by atoms with Crippen LogP contribution >= 0.6 is 0 Å². The molecule has 0 amide bonds. The van der Waals surface area contributed by atoms with Gasteiger partial charge in [-0.1, -0.05) is 24.6 Å². The van der Waals surface area contributed by atoms with Crippen molar-refractivity contribution >= 4 is 11.5 Å². The molecule has 0 unspecified atom stereocenters. The van der Waals surface area contributed by atoms with Crippen LogP contribution in [0.1, 0.15) is 35.7 Å². The van der Waals surface area contributed by atoms with Crippen LogP contribution in [0.4, 0.5) is 5.69 Å². The Morgan fingerprint density at radius 1 is 1.04 bits per heavy atom. The van der Waals surface area contributed by atoms with E-state index in [1.54, 1.807) is 18.2 Å². The lowest BCUT2D eigenvalue weighted by Gasteiger charge is -2.11. The number of rotatable bonds is 8. The molecule has 2 rings (SSSR count). The number of aryl methyl sites for hydroxylation is 1. The van der Waals surface area contributed by atoms with Crippen molar-refractivity contribution in [1.29, 1.82) is 0 Å². The summed E-state index contributed by atoms with van der Waals surface area (Å²) >= 11 is 0. The molecule has 0 aliphatic carbocycles.